The van der Waals surface area contributed by atoms with Crippen LogP contribution in [0.3, 0.4) is 0 Å². The van der Waals surface area contributed by atoms with E-state index in [-0.39, 0.29) is 6.61 Å². The van der Waals surface area contributed by atoms with Crippen LogP contribution in [0.4, 0.5) is 0 Å². The molecule has 0 bridgehead atoms. The summed E-state index contributed by atoms with van der Waals surface area (Å²) >= 11 is 7.73. The van der Waals surface area contributed by atoms with Crippen LogP contribution in [0.25, 0.3) is 16.5 Å². The zero-order valence-corrected chi connectivity index (χ0v) is 17.2. The van der Waals surface area contributed by atoms with Gasteiger partial charge in [-0.25, -0.2) is 0 Å². The number of thiophene rings is 1. The Morgan fingerprint density at radius 2 is 1.77 bits per heavy atom. The van der Waals surface area contributed by atoms with Gasteiger partial charge in [-0.15, -0.1) is 11.3 Å². The molecule has 1 aliphatic heterocycles. The summed E-state index contributed by atoms with van der Waals surface area (Å²) in [5.74, 6) is 0.110. The van der Waals surface area contributed by atoms with Gasteiger partial charge in [0.15, 0.2) is 11.5 Å². The van der Waals surface area contributed by atoms with Gasteiger partial charge in [0.05, 0.1) is 0 Å². The summed E-state index contributed by atoms with van der Waals surface area (Å²) < 4.78 is 11.1. The highest BCUT2D eigenvalue weighted by molar-refractivity contribution is 7.16. The summed E-state index contributed by atoms with van der Waals surface area (Å²) in [6, 6.07) is 18.5. The summed E-state index contributed by atoms with van der Waals surface area (Å²) in [4.78, 5) is 26.1. The third-order valence-electron chi connectivity index (χ3n) is 4.28. The number of hydrogen-bond donors (Lipinski definition) is 2. The zero-order chi connectivity index (χ0) is 20.9. The fourth-order valence-electron chi connectivity index (χ4n) is 2.80. The average molecular weight is 441 g/mol. The first kappa shape index (κ1) is 20.0. The molecule has 2 N–H and O–H groups in total. The third kappa shape index (κ3) is 4.64. The van der Waals surface area contributed by atoms with Gasteiger partial charge in [0.1, 0.15) is 6.61 Å². The molecule has 2 heterocycles. The van der Waals surface area contributed by atoms with Crippen LogP contribution in [0.15, 0.2) is 66.7 Å². The van der Waals surface area contributed by atoms with Crippen molar-refractivity contribution in [1.82, 2.24) is 10.9 Å². The highest BCUT2D eigenvalue weighted by atomic mass is 35.5. The maximum absolute atomic E-state index is 12.2. The van der Waals surface area contributed by atoms with E-state index >= 15 is 0 Å². The standard InChI is InChI=1S/C22H17ClN2O4S/c23-16-6-2-1-5-15(16)20-11-9-14(30-20)10-12-21(26)24-25-22(27)19-13-28-17-7-3-4-8-18(17)29-19/h1-12,19H,13H2,(H,24,26)(H,25,27)/b12-10+. The van der Waals surface area contributed by atoms with E-state index in [1.807, 2.05) is 42.5 Å². The number of ether oxygens (including phenoxy) is 2. The average Bonchev–Trinajstić information content (AvgIpc) is 3.25. The first-order valence-electron chi connectivity index (χ1n) is 9.11. The Morgan fingerprint density at radius 3 is 2.60 bits per heavy atom. The Morgan fingerprint density at radius 1 is 1.00 bits per heavy atom. The summed E-state index contributed by atoms with van der Waals surface area (Å²) in [5, 5.41) is 0.673. The van der Waals surface area contributed by atoms with E-state index in [4.69, 9.17) is 21.1 Å². The maximum atomic E-state index is 12.2. The van der Waals surface area contributed by atoms with Crippen molar-refractivity contribution in [2.24, 2.45) is 0 Å². The van der Waals surface area contributed by atoms with E-state index in [9.17, 15) is 9.59 Å². The number of nitrogens with one attached hydrogen (secondary N) is 2. The van der Waals surface area contributed by atoms with Crippen molar-refractivity contribution in [3.05, 3.63) is 76.6 Å². The number of rotatable bonds is 4. The second-order valence-corrected chi connectivity index (χ2v) is 7.88. The molecule has 0 aliphatic carbocycles. The number of halogens is 1. The molecule has 3 aromatic rings. The van der Waals surface area contributed by atoms with Crippen molar-refractivity contribution in [3.8, 4) is 21.9 Å². The van der Waals surface area contributed by atoms with Gasteiger partial charge in [-0.1, -0.05) is 41.9 Å². The lowest BCUT2D eigenvalue weighted by atomic mass is 10.2. The molecule has 6 nitrogen and oxygen atoms in total. The Bertz CT molecular complexity index is 1110. The maximum Gasteiger partial charge on any atom is 0.283 e. The Labute approximate surface area is 182 Å². The molecular formula is C22H17ClN2O4S. The van der Waals surface area contributed by atoms with Crippen LogP contribution in [0.1, 0.15) is 4.88 Å². The minimum absolute atomic E-state index is 0.0641. The van der Waals surface area contributed by atoms with Gasteiger partial charge < -0.3 is 9.47 Å². The monoisotopic (exact) mass is 440 g/mol. The van der Waals surface area contributed by atoms with E-state index in [0.717, 1.165) is 15.3 Å². The molecule has 0 saturated heterocycles. The summed E-state index contributed by atoms with van der Waals surface area (Å²) in [5.41, 5.74) is 5.63. The fraction of sp³-hybridized carbons (Fsp3) is 0.0909. The molecular weight excluding hydrogens is 424 g/mol. The predicted molar refractivity (Wildman–Crippen MR) is 116 cm³/mol. The molecule has 30 heavy (non-hydrogen) atoms. The number of amides is 2. The molecule has 0 saturated carbocycles. The summed E-state index contributed by atoms with van der Waals surface area (Å²) in [7, 11) is 0. The molecule has 152 valence electrons. The van der Waals surface area contributed by atoms with Gasteiger partial charge in [-0.3, -0.25) is 20.4 Å². The molecule has 0 spiro atoms. The second kappa shape index (κ2) is 9.02. The van der Waals surface area contributed by atoms with Gasteiger partial charge in [0.25, 0.3) is 11.8 Å². The molecule has 0 fully saturated rings. The minimum atomic E-state index is -0.848. The normalized spacial score (nSPS) is 15.0. The number of hydrogen-bond acceptors (Lipinski definition) is 5. The predicted octanol–water partition coefficient (Wildman–Crippen LogP) is 4.07. The SMILES string of the molecule is O=C(/C=C/c1ccc(-c2ccccc2Cl)s1)NNC(=O)C1COc2ccccc2O1. The van der Waals surface area contributed by atoms with Crippen molar-refractivity contribution in [1.29, 1.82) is 0 Å². The van der Waals surface area contributed by atoms with Gasteiger partial charge in [0.2, 0.25) is 6.10 Å². The quantitative estimate of drug-likeness (QED) is 0.473. The minimum Gasteiger partial charge on any atom is -0.485 e. The van der Waals surface area contributed by atoms with Gasteiger partial charge in [0, 0.05) is 26.4 Å². The van der Waals surface area contributed by atoms with E-state index in [1.165, 1.54) is 17.4 Å². The molecule has 1 aliphatic rings. The number of fused-ring (bicyclic) bond motifs is 1. The van der Waals surface area contributed by atoms with Crippen molar-refractivity contribution in [2.45, 2.75) is 6.10 Å². The first-order valence-corrected chi connectivity index (χ1v) is 10.3. The summed E-state index contributed by atoms with van der Waals surface area (Å²) in [6.45, 7) is 0.0641. The molecule has 0 radical (unpaired) electrons. The third-order valence-corrected chi connectivity index (χ3v) is 5.69. The molecule has 4 rings (SSSR count). The van der Waals surface area contributed by atoms with Crippen molar-refractivity contribution < 1.29 is 19.1 Å². The highest BCUT2D eigenvalue weighted by Crippen LogP contribution is 2.33. The number of carbonyl (C=O) groups is 2. The Kier molecular flexibility index (Phi) is 6.02. The van der Waals surface area contributed by atoms with Gasteiger partial charge in [-0.05, 0) is 36.4 Å². The van der Waals surface area contributed by atoms with Gasteiger partial charge in [-0.2, -0.15) is 0 Å². The lowest BCUT2D eigenvalue weighted by Crippen LogP contribution is -2.50. The number of para-hydroxylation sites is 2. The zero-order valence-electron chi connectivity index (χ0n) is 15.6. The van der Waals surface area contributed by atoms with Crippen molar-refractivity contribution >= 4 is 40.8 Å². The van der Waals surface area contributed by atoms with Crippen LogP contribution < -0.4 is 20.3 Å². The van der Waals surface area contributed by atoms with Crippen molar-refractivity contribution in [2.75, 3.05) is 6.61 Å². The van der Waals surface area contributed by atoms with Crippen LogP contribution in [0.2, 0.25) is 5.02 Å². The van der Waals surface area contributed by atoms with Crippen molar-refractivity contribution in [3.63, 3.8) is 0 Å². The van der Waals surface area contributed by atoms with E-state index in [2.05, 4.69) is 10.9 Å². The molecule has 8 heteroatoms. The molecule has 2 aromatic carbocycles. The smallest absolute Gasteiger partial charge is 0.283 e. The van der Waals surface area contributed by atoms with E-state index in [1.54, 1.807) is 24.3 Å². The first-order chi connectivity index (χ1) is 14.6. The van der Waals surface area contributed by atoms with Crippen LogP contribution in [-0.2, 0) is 9.59 Å². The van der Waals surface area contributed by atoms with Crippen LogP contribution in [-0.4, -0.2) is 24.5 Å². The topological polar surface area (TPSA) is 76.7 Å². The van der Waals surface area contributed by atoms with Crippen LogP contribution in [0.5, 0.6) is 11.5 Å². The number of hydrazine groups is 1. The number of carbonyl (C=O) groups excluding carboxylic acids is 2. The van der Waals surface area contributed by atoms with Crippen LogP contribution in [0, 0.1) is 0 Å². The molecule has 2 amide bonds. The van der Waals surface area contributed by atoms with Gasteiger partial charge >= 0.3 is 0 Å². The molecule has 1 unspecified atom stereocenters. The summed E-state index contributed by atoms with van der Waals surface area (Å²) in [6.07, 6.45) is 2.17. The van der Waals surface area contributed by atoms with E-state index in [0.29, 0.717) is 16.5 Å². The second-order valence-electron chi connectivity index (χ2n) is 6.36. The highest BCUT2D eigenvalue weighted by Gasteiger charge is 2.27. The Hall–Kier alpha value is -3.29. The molecule has 1 aromatic heterocycles. The fourth-order valence-corrected chi connectivity index (χ4v) is 4.04. The molecule has 1 atom stereocenters. The van der Waals surface area contributed by atoms with Crippen LogP contribution >= 0.6 is 22.9 Å². The number of benzene rings is 2. The lowest BCUT2D eigenvalue weighted by molar-refractivity contribution is -0.134. The largest absolute Gasteiger partial charge is 0.485 e. The lowest BCUT2D eigenvalue weighted by Gasteiger charge is -2.25. The van der Waals surface area contributed by atoms with E-state index < -0.39 is 17.9 Å². The Balaban J connectivity index is 1.30.